The molecular weight excluding hydrogens is 260 g/mol. The third-order valence-electron chi connectivity index (χ3n) is 2.69. The Kier molecular flexibility index (Phi) is 3.24. The Balaban J connectivity index is 2.33. The lowest BCUT2D eigenvalue weighted by Gasteiger charge is -2.20. The summed E-state index contributed by atoms with van der Waals surface area (Å²) >= 11 is 0. The topological polar surface area (TPSA) is 107 Å². The Morgan fingerprint density at radius 2 is 2.06 bits per heavy atom. The van der Waals surface area contributed by atoms with E-state index < -0.39 is 22.1 Å². The number of anilines is 1. The van der Waals surface area contributed by atoms with Gasteiger partial charge in [0.2, 0.25) is 0 Å². The van der Waals surface area contributed by atoms with Crippen LogP contribution in [0, 0.1) is 0 Å². The fourth-order valence-electron chi connectivity index (χ4n) is 1.84. The third kappa shape index (κ3) is 2.45. The highest BCUT2D eigenvalue weighted by molar-refractivity contribution is 7.86. The summed E-state index contributed by atoms with van der Waals surface area (Å²) in [6.07, 6.45) is 0.356. The number of carboxylic acid groups (broad SMARTS) is 1. The Hall–Kier alpha value is -1.64. The fourth-order valence-corrected chi connectivity index (χ4v) is 2.54. The first-order valence-electron chi connectivity index (χ1n) is 5.22. The summed E-state index contributed by atoms with van der Waals surface area (Å²) in [6, 6.07) is 5.11. The highest BCUT2D eigenvalue weighted by Gasteiger charge is 2.30. The van der Waals surface area contributed by atoms with E-state index in [0.29, 0.717) is 13.0 Å². The molecule has 0 aromatic heterocycles. The largest absolute Gasteiger partial charge is 0.480 e. The van der Waals surface area contributed by atoms with Crippen LogP contribution in [0.2, 0.25) is 0 Å². The van der Waals surface area contributed by atoms with Crippen molar-refractivity contribution < 1.29 is 22.9 Å². The number of rotatable bonds is 3. The van der Waals surface area contributed by atoms with Crippen LogP contribution in [0.1, 0.15) is 6.42 Å². The van der Waals surface area contributed by atoms with E-state index in [1.165, 1.54) is 23.2 Å². The van der Waals surface area contributed by atoms with Crippen molar-refractivity contribution in [2.45, 2.75) is 17.4 Å². The van der Waals surface area contributed by atoms with E-state index in [-0.39, 0.29) is 10.6 Å². The van der Waals surface area contributed by atoms with Gasteiger partial charge in [0.05, 0.1) is 5.69 Å². The number of carboxylic acids is 1. The Labute approximate surface area is 104 Å². The number of nitrogens with zero attached hydrogens (tertiary/aromatic N) is 1. The van der Waals surface area contributed by atoms with Crippen molar-refractivity contribution in [1.29, 1.82) is 0 Å². The van der Waals surface area contributed by atoms with E-state index in [4.69, 9.17) is 9.66 Å². The Morgan fingerprint density at radius 3 is 2.61 bits per heavy atom. The molecule has 1 aliphatic rings. The summed E-state index contributed by atoms with van der Waals surface area (Å²) in [5.74, 6) is -0.998. The molecule has 1 fully saturated rings. The van der Waals surface area contributed by atoms with Gasteiger partial charge in [0.1, 0.15) is 10.9 Å². The molecule has 1 unspecified atom stereocenters. The van der Waals surface area contributed by atoms with Gasteiger partial charge in [0.15, 0.2) is 0 Å². The van der Waals surface area contributed by atoms with Crippen LogP contribution in [0.25, 0.3) is 0 Å². The van der Waals surface area contributed by atoms with Crippen LogP contribution >= 0.6 is 0 Å². The molecule has 8 heteroatoms. The van der Waals surface area contributed by atoms with Gasteiger partial charge in [-0.15, -0.1) is 0 Å². The van der Waals surface area contributed by atoms with Crippen LogP contribution in [0.5, 0.6) is 0 Å². The summed E-state index contributed by atoms with van der Waals surface area (Å²) in [6.45, 7) is 0.351. The predicted octanol–water partition coefficient (Wildman–Crippen LogP) is 0.101. The summed E-state index contributed by atoms with van der Waals surface area (Å²) in [7, 11) is -4.34. The molecule has 1 aromatic rings. The zero-order valence-corrected chi connectivity index (χ0v) is 10.1. The molecule has 0 spiro atoms. The van der Waals surface area contributed by atoms with Crippen molar-refractivity contribution in [2.75, 3.05) is 11.6 Å². The van der Waals surface area contributed by atoms with Gasteiger partial charge in [-0.25, -0.2) is 5.43 Å². The van der Waals surface area contributed by atoms with Gasteiger partial charge in [-0.1, -0.05) is 12.1 Å². The first-order valence-corrected chi connectivity index (χ1v) is 6.66. The number of carbonyl (C=O) groups is 1. The lowest BCUT2D eigenvalue weighted by molar-refractivity contribution is -0.139. The second-order valence-electron chi connectivity index (χ2n) is 3.90. The number of nitrogens with one attached hydrogen (secondary N) is 1. The van der Waals surface area contributed by atoms with Crippen molar-refractivity contribution >= 4 is 21.8 Å². The molecule has 0 radical (unpaired) electrons. The zero-order valence-electron chi connectivity index (χ0n) is 9.28. The smallest absolute Gasteiger partial charge is 0.322 e. The van der Waals surface area contributed by atoms with Crippen molar-refractivity contribution in [3.63, 3.8) is 0 Å². The van der Waals surface area contributed by atoms with Gasteiger partial charge in [-0.2, -0.15) is 8.42 Å². The highest BCUT2D eigenvalue weighted by Crippen LogP contribution is 2.26. The second-order valence-corrected chi connectivity index (χ2v) is 5.29. The molecule has 1 aromatic carbocycles. The standard InChI is InChI=1S/C10H12N2O5S/c13-10(14)7-5-6-12(11-7)8-3-1-2-4-9(8)18(15,16)17/h1-4,7,11H,5-6H2,(H,13,14)(H,15,16,17). The molecule has 1 heterocycles. The molecular formula is C10H12N2O5S. The van der Waals surface area contributed by atoms with Crippen LogP contribution < -0.4 is 10.4 Å². The van der Waals surface area contributed by atoms with Gasteiger partial charge in [0, 0.05) is 6.54 Å². The molecule has 18 heavy (non-hydrogen) atoms. The molecule has 1 saturated heterocycles. The molecule has 1 aliphatic heterocycles. The normalized spacial score (nSPS) is 20.1. The number of aliphatic carboxylic acids is 1. The Morgan fingerprint density at radius 1 is 1.39 bits per heavy atom. The molecule has 1 atom stereocenters. The molecule has 7 nitrogen and oxygen atoms in total. The molecule has 2 rings (SSSR count). The van der Waals surface area contributed by atoms with Crippen LogP contribution in [0.15, 0.2) is 29.2 Å². The number of para-hydroxylation sites is 1. The lowest BCUT2D eigenvalue weighted by Crippen LogP contribution is -2.40. The average Bonchev–Trinajstić information content (AvgIpc) is 2.77. The summed E-state index contributed by atoms with van der Waals surface area (Å²) in [5.41, 5.74) is 2.92. The van der Waals surface area contributed by atoms with Gasteiger partial charge in [-0.05, 0) is 18.6 Å². The lowest BCUT2D eigenvalue weighted by atomic mass is 10.2. The zero-order chi connectivity index (χ0) is 13.3. The fraction of sp³-hybridized carbons (Fsp3) is 0.300. The van der Waals surface area contributed by atoms with Crippen molar-refractivity contribution in [1.82, 2.24) is 5.43 Å². The number of benzene rings is 1. The molecule has 0 aliphatic carbocycles. The molecule has 98 valence electrons. The van der Waals surface area contributed by atoms with Crippen LogP contribution in [0.4, 0.5) is 5.69 Å². The number of hydrogen-bond acceptors (Lipinski definition) is 5. The monoisotopic (exact) mass is 272 g/mol. The maximum atomic E-state index is 11.2. The minimum absolute atomic E-state index is 0.240. The second kappa shape index (κ2) is 4.56. The summed E-state index contributed by atoms with van der Waals surface area (Å²) in [4.78, 5) is 10.6. The number of hydrogen-bond donors (Lipinski definition) is 3. The van der Waals surface area contributed by atoms with E-state index in [9.17, 15) is 13.2 Å². The maximum Gasteiger partial charge on any atom is 0.322 e. The number of hydrazine groups is 1. The minimum Gasteiger partial charge on any atom is -0.480 e. The summed E-state index contributed by atoms with van der Waals surface area (Å²) in [5, 5.41) is 10.3. The molecule has 0 amide bonds. The van der Waals surface area contributed by atoms with E-state index in [1.54, 1.807) is 6.07 Å². The molecule has 3 N–H and O–H groups in total. The van der Waals surface area contributed by atoms with Crippen LogP contribution in [-0.4, -0.2) is 36.6 Å². The molecule has 0 saturated carbocycles. The van der Waals surface area contributed by atoms with Gasteiger partial charge in [0.25, 0.3) is 10.1 Å². The van der Waals surface area contributed by atoms with Crippen molar-refractivity contribution in [2.24, 2.45) is 0 Å². The Bertz CT molecular complexity index is 571. The SMILES string of the molecule is O=C(O)C1CCN(c2ccccc2S(=O)(=O)O)N1. The van der Waals surface area contributed by atoms with Gasteiger partial charge in [-0.3, -0.25) is 9.35 Å². The molecule has 0 bridgehead atoms. The highest BCUT2D eigenvalue weighted by atomic mass is 32.2. The minimum atomic E-state index is -4.34. The van der Waals surface area contributed by atoms with E-state index in [1.807, 2.05) is 0 Å². The van der Waals surface area contributed by atoms with Gasteiger partial charge < -0.3 is 10.1 Å². The predicted molar refractivity (Wildman–Crippen MR) is 62.8 cm³/mol. The first-order chi connectivity index (χ1) is 8.39. The van der Waals surface area contributed by atoms with E-state index in [0.717, 1.165) is 0 Å². The van der Waals surface area contributed by atoms with Crippen molar-refractivity contribution in [3.05, 3.63) is 24.3 Å². The van der Waals surface area contributed by atoms with Crippen molar-refractivity contribution in [3.8, 4) is 0 Å². The summed E-state index contributed by atoms with van der Waals surface area (Å²) < 4.78 is 31.5. The first kappa shape index (κ1) is 12.8. The quantitative estimate of drug-likeness (QED) is 0.670. The van der Waals surface area contributed by atoms with Crippen LogP contribution in [-0.2, 0) is 14.9 Å². The average molecular weight is 272 g/mol. The maximum absolute atomic E-state index is 11.2. The third-order valence-corrected chi connectivity index (χ3v) is 3.59. The van der Waals surface area contributed by atoms with Gasteiger partial charge >= 0.3 is 5.97 Å². The van der Waals surface area contributed by atoms with Crippen LogP contribution in [0.3, 0.4) is 0 Å². The van der Waals surface area contributed by atoms with E-state index in [2.05, 4.69) is 5.43 Å². The van der Waals surface area contributed by atoms with E-state index >= 15 is 0 Å².